The number of hydrogen-bond donors (Lipinski definition) is 1. The van der Waals surface area contributed by atoms with Gasteiger partial charge in [-0.1, -0.05) is 84.5 Å². The summed E-state index contributed by atoms with van der Waals surface area (Å²) in [6.45, 7) is 7.60. The van der Waals surface area contributed by atoms with Gasteiger partial charge in [0.2, 0.25) is 0 Å². The van der Waals surface area contributed by atoms with Crippen molar-refractivity contribution in [3.63, 3.8) is 0 Å². The van der Waals surface area contributed by atoms with Crippen molar-refractivity contribution < 1.29 is 4.74 Å². The van der Waals surface area contributed by atoms with Crippen molar-refractivity contribution in [2.75, 3.05) is 26.8 Å². The van der Waals surface area contributed by atoms with Gasteiger partial charge < -0.3 is 10.1 Å². The molecule has 1 N–H and O–H groups in total. The summed E-state index contributed by atoms with van der Waals surface area (Å²) in [5.41, 5.74) is 0. The zero-order chi connectivity index (χ0) is 15.6. The molecule has 0 aromatic carbocycles. The van der Waals surface area contributed by atoms with Gasteiger partial charge in [-0.3, -0.25) is 0 Å². The number of ether oxygens (including phenoxy) is 1. The lowest BCUT2D eigenvalue weighted by Gasteiger charge is -2.12. The van der Waals surface area contributed by atoms with Crippen LogP contribution >= 0.6 is 0 Å². The van der Waals surface area contributed by atoms with Crippen LogP contribution in [-0.2, 0) is 4.74 Å². The predicted octanol–water partition coefficient (Wildman–Crippen LogP) is 5.56. The molecule has 0 spiro atoms. The van der Waals surface area contributed by atoms with Gasteiger partial charge in [0, 0.05) is 13.7 Å². The Morgan fingerprint density at radius 2 is 1.33 bits per heavy atom. The van der Waals surface area contributed by atoms with Crippen LogP contribution in [0.4, 0.5) is 0 Å². The van der Waals surface area contributed by atoms with E-state index in [4.69, 9.17) is 4.74 Å². The van der Waals surface area contributed by atoms with Crippen LogP contribution in [0.1, 0.15) is 90.9 Å². The van der Waals surface area contributed by atoms with E-state index in [0.29, 0.717) is 0 Å². The van der Waals surface area contributed by atoms with Crippen LogP contribution in [0, 0.1) is 5.92 Å². The molecular formula is C19H41NO. The van der Waals surface area contributed by atoms with Crippen molar-refractivity contribution in [3.05, 3.63) is 0 Å². The van der Waals surface area contributed by atoms with Crippen LogP contribution in [0.15, 0.2) is 0 Å². The molecule has 0 fully saturated rings. The molecule has 0 rings (SSSR count). The Kier molecular flexibility index (Phi) is 17.9. The molecule has 0 saturated heterocycles. The maximum atomic E-state index is 5.03. The number of unbranched alkanes of at least 4 members (excludes halogenated alkanes) is 10. The van der Waals surface area contributed by atoms with E-state index in [-0.39, 0.29) is 0 Å². The summed E-state index contributed by atoms with van der Waals surface area (Å²) in [4.78, 5) is 0. The van der Waals surface area contributed by atoms with Gasteiger partial charge in [0.05, 0.1) is 6.61 Å². The van der Waals surface area contributed by atoms with Gasteiger partial charge in [0.15, 0.2) is 0 Å². The summed E-state index contributed by atoms with van der Waals surface area (Å²) in [6, 6.07) is 0. The summed E-state index contributed by atoms with van der Waals surface area (Å²) in [6.07, 6.45) is 17.2. The third-order valence-corrected chi connectivity index (χ3v) is 4.28. The number of nitrogens with one attached hydrogen (secondary N) is 1. The highest BCUT2D eigenvalue weighted by atomic mass is 16.5. The third kappa shape index (κ3) is 17.9. The average Bonchev–Trinajstić information content (AvgIpc) is 2.49. The Bertz CT molecular complexity index is 184. The normalized spacial score (nSPS) is 12.7. The lowest BCUT2D eigenvalue weighted by molar-refractivity contribution is 0.198. The highest BCUT2D eigenvalue weighted by Gasteiger charge is 2.01. The van der Waals surface area contributed by atoms with E-state index in [9.17, 15) is 0 Å². The molecule has 0 heterocycles. The molecule has 0 saturated carbocycles. The van der Waals surface area contributed by atoms with Crippen molar-refractivity contribution in [1.29, 1.82) is 0 Å². The maximum Gasteiger partial charge on any atom is 0.0587 e. The fourth-order valence-electron chi connectivity index (χ4n) is 2.78. The topological polar surface area (TPSA) is 21.3 Å². The zero-order valence-corrected chi connectivity index (χ0v) is 15.1. The summed E-state index contributed by atoms with van der Waals surface area (Å²) in [7, 11) is 1.76. The van der Waals surface area contributed by atoms with E-state index in [1.54, 1.807) is 7.11 Å². The smallest absolute Gasteiger partial charge is 0.0587 e. The molecule has 21 heavy (non-hydrogen) atoms. The average molecular weight is 300 g/mol. The zero-order valence-electron chi connectivity index (χ0n) is 15.1. The minimum Gasteiger partial charge on any atom is -0.383 e. The Balaban J connectivity index is 3.07. The molecule has 0 aromatic rings. The van der Waals surface area contributed by atoms with Crippen molar-refractivity contribution in [2.45, 2.75) is 90.9 Å². The molecule has 0 radical (unpaired) electrons. The molecule has 0 bridgehead atoms. The van der Waals surface area contributed by atoms with Gasteiger partial charge in [0.25, 0.3) is 0 Å². The van der Waals surface area contributed by atoms with E-state index in [1.165, 1.54) is 77.0 Å². The molecule has 0 aromatic heterocycles. The molecule has 0 aliphatic heterocycles. The van der Waals surface area contributed by atoms with Crippen LogP contribution in [0.2, 0.25) is 0 Å². The third-order valence-electron chi connectivity index (χ3n) is 4.28. The summed E-state index contributed by atoms with van der Waals surface area (Å²) in [5.74, 6) is 0.806. The van der Waals surface area contributed by atoms with Crippen molar-refractivity contribution >= 4 is 0 Å². The molecule has 1 atom stereocenters. The Labute approximate surface area is 134 Å². The fourth-order valence-corrected chi connectivity index (χ4v) is 2.78. The quantitative estimate of drug-likeness (QED) is 0.355. The van der Waals surface area contributed by atoms with Crippen LogP contribution in [0.5, 0.6) is 0 Å². The van der Waals surface area contributed by atoms with Crippen LogP contribution in [-0.4, -0.2) is 26.8 Å². The van der Waals surface area contributed by atoms with Gasteiger partial charge in [-0.15, -0.1) is 0 Å². The summed E-state index contributed by atoms with van der Waals surface area (Å²) < 4.78 is 5.03. The Hall–Kier alpha value is -0.0800. The summed E-state index contributed by atoms with van der Waals surface area (Å²) >= 11 is 0. The van der Waals surface area contributed by atoms with Gasteiger partial charge in [-0.05, 0) is 18.9 Å². The highest BCUT2D eigenvalue weighted by molar-refractivity contribution is 4.58. The van der Waals surface area contributed by atoms with Crippen molar-refractivity contribution in [1.82, 2.24) is 5.32 Å². The SMILES string of the molecule is CCCCCCCCCCCCCC(C)CNCCOC. The van der Waals surface area contributed by atoms with Crippen molar-refractivity contribution in [2.24, 2.45) is 5.92 Å². The highest BCUT2D eigenvalue weighted by Crippen LogP contribution is 2.13. The number of rotatable bonds is 17. The fraction of sp³-hybridized carbons (Fsp3) is 1.00. The monoisotopic (exact) mass is 299 g/mol. The lowest BCUT2D eigenvalue weighted by Crippen LogP contribution is -2.24. The molecule has 128 valence electrons. The molecule has 2 nitrogen and oxygen atoms in total. The molecule has 0 aliphatic rings. The van der Waals surface area contributed by atoms with Crippen LogP contribution in [0.3, 0.4) is 0 Å². The van der Waals surface area contributed by atoms with E-state index >= 15 is 0 Å². The Morgan fingerprint density at radius 3 is 1.86 bits per heavy atom. The van der Waals surface area contributed by atoms with E-state index in [0.717, 1.165) is 25.6 Å². The first-order valence-corrected chi connectivity index (χ1v) is 9.50. The first-order chi connectivity index (χ1) is 10.3. The van der Waals surface area contributed by atoms with E-state index in [1.807, 2.05) is 0 Å². The standard InChI is InChI=1S/C19H41NO/c1-4-5-6-7-8-9-10-11-12-13-14-15-19(2)18-20-16-17-21-3/h19-20H,4-18H2,1-3H3. The van der Waals surface area contributed by atoms with Gasteiger partial charge in [-0.2, -0.15) is 0 Å². The Morgan fingerprint density at radius 1 is 0.810 bits per heavy atom. The second kappa shape index (κ2) is 18.0. The minimum absolute atomic E-state index is 0.806. The van der Waals surface area contributed by atoms with Crippen LogP contribution < -0.4 is 5.32 Å². The maximum absolute atomic E-state index is 5.03. The molecule has 0 amide bonds. The van der Waals surface area contributed by atoms with E-state index < -0.39 is 0 Å². The van der Waals surface area contributed by atoms with Gasteiger partial charge in [-0.25, -0.2) is 0 Å². The van der Waals surface area contributed by atoms with Crippen LogP contribution in [0.25, 0.3) is 0 Å². The number of methoxy groups -OCH3 is 1. The molecule has 0 aliphatic carbocycles. The molecular weight excluding hydrogens is 258 g/mol. The summed E-state index contributed by atoms with van der Waals surface area (Å²) in [5, 5.41) is 3.45. The second-order valence-electron chi connectivity index (χ2n) is 6.63. The van der Waals surface area contributed by atoms with E-state index in [2.05, 4.69) is 19.2 Å². The predicted molar refractivity (Wildman–Crippen MR) is 95.0 cm³/mol. The molecule has 2 heteroatoms. The first-order valence-electron chi connectivity index (χ1n) is 9.50. The second-order valence-corrected chi connectivity index (χ2v) is 6.63. The minimum atomic E-state index is 0.806. The molecule has 1 unspecified atom stereocenters. The largest absolute Gasteiger partial charge is 0.383 e. The van der Waals surface area contributed by atoms with Gasteiger partial charge >= 0.3 is 0 Å². The first kappa shape index (κ1) is 20.9. The van der Waals surface area contributed by atoms with Gasteiger partial charge in [0.1, 0.15) is 0 Å². The van der Waals surface area contributed by atoms with Crippen molar-refractivity contribution in [3.8, 4) is 0 Å². The number of hydrogen-bond acceptors (Lipinski definition) is 2. The lowest BCUT2D eigenvalue weighted by atomic mass is 10.0.